The number of carboxylic acids is 1. The highest BCUT2D eigenvalue weighted by Crippen LogP contribution is 2.23. The summed E-state index contributed by atoms with van der Waals surface area (Å²) in [6, 6.07) is 17.9. The van der Waals surface area contributed by atoms with E-state index in [1.807, 2.05) is 13.8 Å². The summed E-state index contributed by atoms with van der Waals surface area (Å²) in [5.74, 6) is -5.03. The molecule has 3 aromatic rings. The highest BCUT2D eigenvalue weighted by molar-refractivity contribution is 7.92. The Morgan fingerprint density at radius 3 is 1.33 bits per heavy atom. The van der Waals surface area contributed by atoms with E-state index in [-0.39, 0.29) is 59.4 Å². The molecule has 3 rings (SSSR count). The molecule has 0 aliphatic rings. The number of aliphatic carboxylic acids is 1. The molecule has 3 N–H and O–H groups in total. The first-order chi connectivity index (χ1) is 30.2. The van der Waals surface area contributed by atoms with Gasteiger partial charge in [0, 0.05) is 37.1 Å². The van der Waals surface area contributed by atoms with Gasteiger partial charge in [-0.2, -0.15) is 0 Å². The lowest BCUT2D eigenvalue weighted by molar-refractivity contribution is -0.137. The number of amides is 2. The van der Waals surface area contributed by atoms with Crippen LogP contribution in [0.5, 0.6) is 0 Å². The second kappa shape index (κ2) is 29.0. The SMILES string of the molecule is Cc1ccc(S(=O)(=O)CC(CS(=O)(=O)c2ccc(C)cc2)C(=O)c2ccc(C(=O)NCCOCCOCCOCCOCCOCCOCCC(=O)NCCCC(=O)O)cc2)cc1. The van der Waals surface area contributed by atoms with Crippen LogP contribution in [0.1, 0.15) is 51.1 Å². The molecule has 0 spiro atoms. The first kappa shape index (κ1) is 52.7. The van der Waals surface area contributed by atoms with Crippen molar-refractivity contribution in [2.24, 2.45) is 5.92 Å². The second-order valence-electron chi connectivity index (χ2n) is 14.4. The number of nitrogens with one attached hydrogen (secondary N) is 2. The Kier molecular flexibility index (Phi) is 24.2. The molecule has 0 radical (unpaired) electrons. The minimum atomic E-state index is -4.05. The van der Waals surface area contributed by atoms with E-state index < -0.39 is 54.8 Å². The van der Waals surface area contributed by atoms with E-state index in [0.29, 0.717) is 79.0 Å². The molecular weight excluding hydrogens is 861 g/mol. The monoisotopic (exact) mass is 920 g/mol. The van der Waals surface area contributed by atoms with E-state index in [0.717, 1.165) is 11.1 Å². The molecule has 0 saturated carbocycles. The lowest BCUT2D eigenvalue weighted by atomic mass is 9.99. The summed E-state index contributed by atoms with van der Waals surface area (Å²) in [7, 11) is -8.09. The fourth-order valence-corrected chi connectivity index (χ4v) is 8.93. The van der Waals surface area contributed by atoms with Crippen LogP contribution < -0.4 is 10.6 Å². The van der Waals surface area contributed by atoms with Gasteiger partial charge in [0.1, 0.15) is 0 Å². The number of Topliss-reactive ketones (excluding diaryl/α,β-unsaturated/α-hetero) is 1. The van der Waals surface area contributed by atoms with E-state index in [4.69, 9.17) is 33.5 Å². The normalized spacial score (nSPS) is 11.7. The number of carbonyl (C=O) groups is 4. The van der Waals surface area contributed by atoms with Crippen molar-refractivity contribution in [1.29, 1.82) is 0 Å². The van der Waals surface area contributed by atoms with Crippen molar-refractivity contribution in [3.63, 3.8) is 0 Å². The minimum Gasteiger partial charge on any atom is -0.481 e. The zero-order valence-electron chi connectivity index (χ0n) is 35.9. The molecule has 63 heavy (non-hydrogen) atoms. The zero-order chi connectivity index (χ0) is 45.9. The number of hydrogen-bond donors (Lipinski definition) is 3. The van der Waals surface area contributed by atoms with Crippen LogP contribution in [-0.4, -0.2) is 149 Å². The first-order valence-electron chi connectivity index (χ1n) is 20.6. The van der Waals surface area contributed by atoms with E-state index in [1.54, 1.807) is 24.3 Å². The molecule has 17 nitrogen and oxygen atoms in total. The number of carboxylic acid groups (broad SMARTS) is 1. The van der Waals surface area contributed by atoms with E-state index in [1.165, 1.54) is 48.5 Å². The molecular formula is C44H60N2O15S2. The van der Waals surface area contributed by atoms with Crippen molar-refractivity contribution in [2.45, 2.75) is 42.9 Å². The number of sulfone groups is 2. The van der Waals surface area contributed by atoms with E-state index in [2.05, 4.69) is 10.6 Å². The summed E-state index contributed by atoms with van der Waals surface area (Å²) in [6.45, 7) is 8.23. The largest absolute Gasteiger partial charge is 0.481 e. The summed E-state index contributed by atoms with van der Waals surface area (Å²) in [5, 5.41) is 13.9. The quantitative estimate of drug-likeness (QED) is 0.0576. The van der Waals surface area contributed by atoms with Gasteiger partial charge in [-0.05, 0) is 56.7 Å². The summed E-state index contributed by atoms with van der Waals surface area (Å²) in [4.78, 5) is 48.6. The average Bonchev–Trinajstić information content (AvgIpc) is 3.25. The number of rotatable bonds is 34. The lowest BCUT2D eigenvalue weighted by Gasteiger charge is -2.17. The number of carbonyl (C=O) groups excluding carboxylic acids is 3. The van der Waals surface area contributed by atoms with Gasteiger partial charge in [0.2, 0.25) is 5.91 Å². The van der Waals surface area contributed by atoms with Gasteiger partial charge in [-0.1, -0.05) is 47.5 Å². The van der Waals surface area contributed by atoms with Gasteiger partial charge >= 0.3 is 5.97 Å². The Morgan fingerprint density at radius 2 is 0.905 bits per heavy atom. The predicted molar refractivity (Wildman–Crippen MR) is 232 cm³/mol. The Bertz CT molecular complexity index is 1980. The van der Waals surface area contributed by atoms with Gasteiger partial charge in [-0.25, -0.2) is 16.8 Å². The molecule has 0 bridgehead atoms. The Hall–Kier alpha value is -4.60. The third-order valence-electron chi connectivity index (χ3n) is 9.16. The maximum absolute atomic E-state index is 13.8. The molecule has 0 atom stereocenters. The van der Waals surface area contributed by atoms with Crippen LogP contribution in [0.25, 0.3) is 0 Å². The van der Waals surface area contributed by atoms with Crippen LogP contribution in [0.2, 0.25) is 0 Å². The number of ether oxygens (including phenoxy) is 6. The molecule has 2 amide bonds. The maximum Gasteiger partial charge on any atom is 0.303 e. The summed E-state index contributed by atoms with van der Waals surface area (Å²) in [6.07, 6.45) is 0.595. The first-order valence-corrected chi connectivity index (χ1v) is 23.9. The van der Waals surface area contributed by atoms with Gasteiger partial charge in [0.15, 0.2) is 25.5 Å². The van der Waals surface area contributed by atoms with Crippen LogP contribution in [0.4, 0.5) is 0 Å². The van der Waals surface area contributed by atoms with Crippen molar-refractivity contribution in [3.8, 4) is 0 Å². The highest BCUT2D eigenvalue weighted by Gasteiger charge is 2.33. The van der Waals surface area contributed by atoms with Crippen LogP contribution in [-0.2, 0) is 57.7 Å². The molecule has 0 heterocycles. The van der Waals surface area contributed by atoms with E-state index in [9.17, 15) is 36.0 Å². The Labute approximate surface area is 370 Å². The third kappa shape index (κ3) is 21.6. The highest BCUT2D eigenvalue weighted by atomic mass is 32.2. The molecule has 0 unspecified atom stereocenters. The van der Waals surface area contributed by atoms with Crippen molar-refractivity contribution in [1.82, 2.24) is 10.6 Å². The maximum atomic E-state index is 13.8. The summed E-state index contributed by atoms with van der Waals surface area (Å²) < 4.78 is 86.3. The summed E-state index contributed by atoms with van der Waals surface area (Å²) >= 11 is 0. The fourth-order valence-electron chi connectivity index (χ4n) is 5.70. The van der Waals surface area contributed by atoms with Crippen LogP contribution in [0.15, 0.2) is 82.6 Å². The number of ketones is 1. The van der Waals surface area contributed by atoms with Gasteiger partial charge < -0.3 is 44.2 Å². The van der Waals surface area contributed by atoms with Crippen molar-refractivity contribution < 1.29 is 69.5 Å². The predicted octanol–water partition coefficient (Wildman–Crippen LogP) is 3.25. The van der Waals surface area contributed by atoms with Crippen LogP contribution >= 0.6 is 0 Å². The smallest absolute Gasteiger partial charge is 0.303 e. The van der Waals surface area contributed by atoms with Gasteiger partial charge in [-0.15, -0.1) is 0 Å². The molecule has 19 heteroatoms. The third-order valence-corrected chi connectivity index (χ3v) is 12.8. The fraction of sp³-hybridized carbons (Fsp3) is 0.500. The van der Waals surface area contributed by atoms with Crippen molar-refractivity contribution >= 4 is 43.2 Å². The van der Waals surface area contributed by atoms with Gasteiger partial charge in [0.05, 0.1) is 106 Å². The standard InChI is InChI=1S/C44H60N2O15S2/c1-34-5-13-39(14-6-34)62(52,53)32-38(33-63(54,55)40-15-7-35(2)8-16-40)43(50)36-9-11-37(12-10-36)44(51)46-19-21-57-23-25-59-27-29-61-31-30-60-28-26-58-24-22-56-20-17-41(47)45-18-3-4-42(48)49/h5-16,38H,3-4,17-33H2,1-2H3,(H,45,47)(H,46,51)(H,48,49). The van der Waals surface area contributed by atoms with Gasteiger partial charge in [-0.3, -0.25) is 19.2 Å². The summed E-state index contributed by atoms with van der Waals surface area (Å²) in [5.41, 5.74) is 2.01. The molecule has 0 saturated heterocycles. The van der Waals surface area contributed by atoms with E-state index >= 15 is 0 Å². The zero-order valence-corrected chi connectivity index (χ0v) is 37.6. The van der Waals surface area contributed by atoms with Crippen molar-refractivity contribution in [3.05, 3.63) is 95.1 Å². The van der Waals surface area contributed by atoms with Crippen LogP contribution in [0.3, 0.4) is 0 Å². The number of benzene rings is 3. The molecule has 3 aromatic carbocycles. The molecule has 0 aromatic heterocycles. The molecule has 0 fully saturated rings. The van der Waals surface area contributed by atoms with Crippen LogP contribution in [0, 0.1) is 19.8 Å². The topological polar surface area (TPSA) is 236 Å². The Balaban J connectivity index is 1.25. The number of hydrogen-bond acceptors (Lipinski definition) is 14. The molecule has 0 aliphatic carbocycles. The number of aryl methyl sites for hydroxylation is 2. The lowest BCUT2D eigenvalue weighted by Crippen LogP contribution is -2.31. The van der Waals surface area contributed by atoms with Crippen molar-refractivity contribution in [2.75, 3.05) is 104 Å². The van der Waals surface area contributed by atoms with Gasteiger partial charge in [0.25, 0.3) is 5.91 Å². The molecule has 0 aliphatic heterocycles. The second-order valence-corrected chi connectivity index (χ2v) is 18.4. The average molecular weight is 921 g/mol. The molecule has 348 valence electrons. The minimum absolute atomic E-state index is 0.0145. The Morgan fingerprint density at radius 1 is 0.508 bits per heavy atom.